The molecule has 1 atom stereocenters. The molecule has 4 rings (SSSR count). The lowest BCUT2D eigenvalue weighted by atomic mass is 9.86. The average Bonchev–Trinajstić information content (AvgIpc) is 2.75. The molecule has 0 fully saturated rings. The molecule has 7 heteroatoms. The molecular formula is C24H22N4O3. The molecule has 1 aromatic heterocycles. The molecule has 156 valence electrons. The van der Waals surface area contributed by atoms with Gasteiger partial charge in [-0.15, -0.1) is 0 Å². The number of hydrogen-bond acceptors (Lipinski definition) is 6. The Balaban J connectivity index is 1.79. The van der Waals surface area contributed by atoms with Crippen molar-refractivity contribution in [1.29, 1.82) is 5.41 Å². The van der Waals surface area contributed by atoms with Gasteiger partial charge in [-0.25, -0.2) is 9.97 Å². The molecule has 0 saturated heterocycles. The van der Waals surface area contributed by atoms with Crippen LogP contribution in [0.4, 0.5) is 0 Å². The number of benzene rings is 2. The van der Waals surface area contributed by atoms with Crippen molar-refractivity contribution in [2.24, 2.45) is 5.73 Å². The van der Waals surface area contributed by atoms with Gasteiger partial charge in [-0.2, -0.15) is 0 Å². The minimum atomic E-state index is -1.09. The maximum absolute atomic E-state index is 9.92. The van der Waals surface area contributed by atoms with Gasteiger partial charge in [0, 0.05) is 34.6 Å². The van der Waals surface area contributed by atoms with Crippen LogP contribution in [0.5, 0.6) is 11.5 Å². The number of rotatable bonds is 3. The van der Waals surface area contributed by atoms with Crippen LogP contribution in [0.2, 0.25) is 0 Å². The summed E-state index contributed by atoms with van der Waals surface area (Å²) in [7, 11) is 0. The molecule has 7 nitrogen and oxygen atoms in total. The largest absolute Gasteiger partial charge is 0.465 e. The maximum atomic E-state index is 9.92. The fourth-order valence-electron chi connectivity index (χ4n) is 3.40. The van der Waals surface area contributed by atoms with E-state index in [-0.39, 0.29) is 18.5 Å². The average molecular weight is 414 g/mol. The Hall–Kier alpha value is -3.89. The van der Waals surface area contributed by atoms with E-state index < -0.39 is 5.60 Å². The van der Waals surface area contributed by atoms with E-state index >= 15 is 0 Å². The number of nitrogens with zero attached hydrogens (tertiary/aromatic N) is 2. The second-order valence-corrected chi connectivity index (χ2v) is 7.77. The molecule has 0 amide bonds. The van der Waals surface area contributed by atoms with Gasteiger partial charge in [-0.1, -0.05) is 17.9 Å². The molecule has 1 aliphatic rings. The van der Waals surface area contributed by atoms with Crippen LogP contribution in [0.25, 0.3) is 11.1 Å². The van der Waals surface area contributed by atoms with Crippen molar-refractivity contribution in [1.82, 2.24) is 9.97 Å². The molecular weight excluding hydrogens is 392 g/mol. The van der Waals surface area contributed by atoms with E-state index in [1.165, 1.54) is 6.33 Å². The standard InChI is InChI=1S/C24H22N4O3/c1-24(2,29)8-7-15-3-5-21-18(9-15)20(13-30-23(25)26)19-10-16(4-6-22(19)31-21)17-11-27-14-28-12-17/h3-6,9-12,14,20,29H,13H2,1-2H3,(H3,25,26). The molecule has 2 aromatic carbocycles. The van der Waals surface area contributed by atoms with Crippen molar-refractivity contribution < 1.29 is 14.6 Å². The van der Waals surface area contributed by atoms with E-state index in [0.717, 1.165) is 27.8 Å². The van der Waals surface area contributed by atoms with E-state index in [1.54, 1.807) is 26.2 Å². The van der Waals surface area contributed by atoms with E-state index in [2.05, 4.69) is 21.8 Å². The Morgan fingerprint density at radius 1 is 1.13 bits per heavy atom. The number of amidine groups is 1. The summed E-state index contributed by atoms with van der Waals surface area (Å²) in [4.78, 5) is 8.18. The van der Waals surface area contributed by atoms with Gasteiger partial charge in [-0.3, -0.25) is 5.41 Å². The van der Waals surface area contributed by atoms with Crippen LogP contribution >= 0.6 is 0 Å². The van der Waals surface area contributed by atoms with Gasteiger partial charge in [-0.05, 0) is 49.7 Å². The summed E-state index contributed by atoms with van der Waals surface area (Å²) >= 11 is 0. The van der Waals surface area contributed by atoms with Crippen molar-refractivity contribution in [2.45, 2.75) is 25.4 Å². The Bertz CT molecular complexity index is 1190. The van der Waals surface area contributed by atoms with Crippen molar-refractivity contribution in [3.63, 3.8) is 0 Å². The summed E-state index contributed by atoms with van der Waals surface area (Å²) in [5, 5.41) is 17.4. The van der Waals surface area contributed by atoms with Gasteiger partial charge in [0.2, 0.25) is 0 Å². The highest BCUT2D eigenvalue weighted by Gasteiger charge is 2.29. The fourth-order valence-corrected chi connectivity index (χ4v) is 3.40. The third-order valence-electron chi connectivity index (χ3n) is 4.80. The first-order valence-electron chi connectivity index (χ1n) is 9.74. The summed E-state index contributed by atoms with van der Waals surface area (Å²) in [6.07, 6.45) is 4.98. The minimum Gasteiger partial charge on any atom is -0.465 e. The number of ether oxygens (including phenoxy) is 2. The van der Waals surface area contributed by atoms with Gasteiger partial charge in [0.25, 0.3) is 6.02 Å². The van der Waals surface area contributed by atoms with Crippen LogP contribution in [-0.2, 0) is 4.74 Å². The Kier molecular flexibility index (Phi) is 5.32. The molecule has 0 saturated carbocycles. The lowest BCUT2D eigenvalue weighted by Gasteiger charge is -2.28. The van der Waals surface area contributed by atoms with Crippen LogP contribution < -0.4 is 10.5 Å². The second-order valence-electron chi connectivity index (χ2n) is 7.77. The third kappa shape index (κ3) is 4.65. The Labute approximate surface area is 180 Å². The van der Waals surface area contributed by atoms with Crippen LogP contribution in [0.15, 0.2) is 55.1 Å². The normalized spacial score (nSPS) is 14.4. The molecule has 0 spiro atoms. The Morgan fingerprint density at radius 3 is 2.48 bits per heavy atom. The van der Waals surface area contributed by atoms with Gasteiger partial charge < -0.3 is 20.3 Å². The van der Waals surface area contributed by atoms with Crippen LogP contribution in [0.3, 0.4) is 0 Å². The molecule has 1 unspecified atom stereocenters. The number of aliphatic hydroxyl groups is 1. The maximum Gasteiger partial charge on any atom is 0.279 e. The van der Waals surface area contributed by atoms with Crippen LogP contribution in [-0.4, -0.2) is 33.3 Å². The van der Waals surface area contributed by atoms with Crippen molar-refractivity contribution in [2.75, 3.05) is 6.61 Å². The molecule has 0 aliphatic carbocycles. The predicted molar refractivity (Wildman–Crippen MR) is 117 cm³/mol. The van der Waals surface area contributed by atoms with Crippen molar-refractivity contribution in [3.8, 4) is 34.5 Å². The smallest absolute Gasteiger partial charge is 0.279 e. The predicted octanol–water partition coefficient (Wildman–Crippen LogP) is 3.41. The molecule has 0 bridgehead atoms. The van der Waals surface area contributed by atoms with Gasteiger partial charge in [0.05, 0.1) is 5.92 Å². The number of fused-ring (bicyclic) bond motifs is 2. The number of nitrogens with one attached hydrogen (secondary N) is 1. The first-order chi connectivity index (χ1) is 14.8. The third-order valence-corrected chi connectivity index (χ3v) is 4.80. The summed E-state index contributed by atoms with van der Waals surface area (Å²) in [6, 6.07) is 11.1. The molecule has 3 aromatic rings. The lowest BCUT2D eigenvalue weighted by molar-refractivity contribution is 0.143. The SMILES string of the molecule is CC(C)(O)C#Cc1ccc2c(c1)C(COC(=N)N)c1cc(-c3cncnc3)ccc1O2. The van der Waals surface area contributed by atoms with E-state index in [9.17, 15) is 5.11 Å². The summed E-state index contributed by atoms with van der Waals surface area (Å²) in [5.41, 5.74) is 8.71. The summed E-state index contributed by atoms with van der Waals surface area (Å²) < 4.78 is 11.5. The molecule has 4 N–H and O–H groups in total. The Morgan fingerprint density at radius 2 is 1.81 bits per heavy atom. The van der Waals surface area contributed by atoms with E-state index in [0.29, 0.717) is 11.5 Å². The van der Waals surface area contributed by atoms with Gasteiger partial charge in [0.15, 0.2) is 0 Å². The first kappa shape index (κ1) is 20.4. The van der Waals surface area contributed by atoms with Crippen LogP contribution in [0.1, 0.15) is 36.5 Å². The fraction of sp³-hybridized carbons (Fsp3) is 0.208. The molecule has 0 radical (unpaired) electrons. The number of aromatic nitrogens is 2. The van der Waals surface area contributed by atoms with Gasteiger partial charge in [0.1, 0.15) is 30.0 Å². The minimum absolute atomic E-state index is 0.176. The first-order valence-corrected chi connectivity index (χ1v) is 9.74. The van der Waals surface area contributed by atoms with E-state index in [1.807, 2.05) is 36.4 Å². The van der Waals surface area contributed by atoms with Crippen molar-refractivity contribution >= 4 is 6.02 Å². The summed E-state index contributed by atoms with van der Waals surface area (Å²) in [5.74, 6) is 7.00. The zero-order valence-corrected chi connectivity index (χ0v) is 17.2. The molecule has 31 heavy (non-hydrogen) atoms. The van der Waals surface area contributed by atoms with Crippen LogP contribution in [0, 0.1) is 17.3 Å². The van der Waals surface area contributed by atoms with E-state index in [4.69, 9.17) is 20.6 Å². The zero-order chi connectivity index (χ0) is 22.0. The molecule has 2 heterocycles. The number of nitrogens with two attached hydrogens (primary N) is 1. The zero-order valence-electron chi connectivity index (χ0n) is 17.2. The highest BCUT2D eigenvalue weighted by atomic mass is 16.5. The molecule has 1 aliphatic heterocycles. The number of hydrogen-bond donors (Lipinski definition) is 3. The van der Waals surface area contributed by atoms with Crippen molar-refractivity contribution in [3.05, 3.63) is 71.8 Å². The topological polar surface area (TPSA) is 114 Å². The quantitative estimate of drug-likeness (QED) is 0.344. The highest BCUT2D eigenvalue weighted by Crippen LogP contribution is 2.45. The highest BCUT2D eigenvalue weighted by molar-refractivity contribution is 5.69. The second kappa shape index (κ2) is 8.09. The lowest BCUT2D eigenvalue weighted by Crippen LogP contribution is -2.21. The van der Waals surface area contributed by atoms with Gasteiger partial charge >= 0.3 is 0 Å². The summed E-state index contributed by atoms with van der Waals surface area (Å²) in [6.45, 7) is 3.45. The monoisotopic (exact) mass is 414 g/mol.